The lowest BCUT2D eigenvalue weighted by atomic mass is 10.1. The first-order chi connectivity index (χ1) is 15.8. The van der Waals surface area contributed by atoms with Gasteiger partial charge in [-0.05, 0) is 0 Å². The zero-order chi connectivity index (χ0) is 24.8. The third-order valence-electron chi connectivity index (χ3n) is 6.08. The molecule has 7 N–H and O–H groups in total. The summed E-state index contributed by atoms with van der Waals surface area (Å²) in [6.45, 7) is 0.650. The molecule has 0 aromatic heterocycles. The number of carbonyl (C=O) groups is 2. The van der Waals surface area contributed by atoms with Crippen molar-refractivity contribution in [1.82, 2.24) is 19.6 Å². The minimum Gasteiger partial charge on any atom is -0.480 e. The molecule has 0 aliphatic carbocycles. The lowest BCUT2D eigenvalue weighted by Gasteiger charge is -2.39. The van der Waals surface area contributed by atoms with E-state index < -0.39 is 56.7 Å². The molecule has 1 fully saturated rings. The lowest BCUT2D eigenvalue weighted by Crippen LogP contribution is -2.56. The molecule has 13 heteroatoms. The van der Waals surface area contributed by atoms with Crippen molar-refractivity contribution in [3.05, 3.63) is 0 Å². The number of carbonyl (C=O) groups excluding carboxylic acids is 1. The number of carboxylic acids is 1. The summed E-state index contributed by atoms with van der Waals surface area (Å²) in [6.07, 6.45) is -1.61. The number of nitrogens with zero attached hydrogens (tertiary/aromatic N) is 4. The van der Waals surface area contributed by atoms with E-state index in [1.807, 2.05) is 4.90 Å². The van der Waals surface area contributed by atoms with Crippen molar-refractivity contribution in [3.8, 4) is 0 Å². The predicted molar refractivity (Wildman–Crippen MR) is 118 cm³/mol. The summed E-state index contributed by atoms with van der Waals surface area (Å²) >= 11 is 0. The lowest BCUT2D eigenvalue weighted by molar-refractivity contribution is -0.138. The smallest absolute Gasteiger partial charge is 0.317 e. The van der Waals surface area contributed by atoms with E-state index in [0.29, 0.717) is 39.3 Å². The van der Waals surface area contributed by atoms with Gasteiger partial charge in [0.2, 0.25) is 0 Å². The Balaban J connectivity index is 3.13. The van der Waals surface area contributed by atoms with Crippen LogP contribution in [0.1, 0.15) is 0 Å². The molecule has 194 valence electrons. The van der Waals surface area contributed by atoms with Gasteiger partial charge in [-0.15, -0.1) is 0 Å². The standard InChI is InChI=1S/C20H40N4O9/c25-10-9-21-1-5-23(16(12-26)18(30)14-28)7-3-22(11-20(32)33)4-8-24(6-2-21)17(13-27)19(31)15-29/h10,16-19,26-31H,1-9,11-15H2,(H,32,33)/t16-,17?,18-,19+/m0/s1. The van der Waals surface area contributed by atoms with E-state index in [1.165, 1.54) is 0 Å². The van der Waals surface area contributed by atoms with E-state index in [4.69, 9.17) is 0 Å². The largest absolute Gasteiger partial charge is 0.480 e. The van der Waals surface area contributed by atoms with Crippen LogP contribution in [0.4, 0.5) is 0 Å². The first kappa shape index (κ1) is 29.8. The molecule has 0 radical (unpaired) electrons. The minimum atomic E-state index is -1.18. The fourth-order valence-electron chi connectivity index (χ4n) is 4.03. The zero-order valence-electron chi connectivity index (χ0n) is 19.0. The molecule has 1 aliphatic rings. The van der Waals surface area contributed by atoms with Gasteiger partial charge in [-0.2, -0.15) is 0 Å². The van der Waals surface area contributed by atoms with E-state index in [2.05, 4.69) is 0 Å². The third kappa shape index (κ3) is 10.3. The van der Waals surface area contributed by atoms with E-state index in [9.17, 15) is 45.3 Å². The van der Waals surface area contributed by atoms with Gasteiger partial charge in [0.1, 0.15) is 6.29 Å². The molecule has 1 saturated heterocycles. The maximum Gasteiger partial charge on any atom is 0.317 e. The zero-order valence-corrected chi connectivity index (χ0v) is 19.0. The summed E-state index contributed by atoms with van der Waals surface area (Å²) in [5, 5.41) is 67.9. The molecule has 0 aromatic rings. The van der Waals surface area contributed by atoms with Gasteiger partial charge >= 0.3 is 5.97 Å². The van der Waals surface area contributed by atoms with Gasteiger partial charge < -0.3 is 40.5 Å². The van der Waals surface area contributed by atoms with Crippen LogP contribution in [0.25, 0.3) is 0 Å². The average Bonchev–Trinajstić information content (AvgIpc) is 2.79. The molecule has 0 spiro atoms. The number of aliphatic hydroxyl groups is 6. The highest BCUT2D eigenvalue weighted by Crippen LogP contribution is 2.10. The van der Waals surface area contributed by atoms with Crippen LogP contribution in [0.2, 0.25) is 0 Å². The van der Waals surface area contributed by atoms with E-state index in [1.54, 1.807) is 14.7 Å². The van der Waals surface area contributed by atoms with Crippen molar-refractivity contribution in [3.63, 3.8) is 0 Å². The molecule has 13 nitrogen and oxygen atoms in total. The molecule has 1 aliphatic heterocycles. The maximum atomic E-state index is 11.4. The van der Waals surface area contributed by atoms with Crippen molar-refractivity contribution < 1.29 is 45.3 Å². The molecule has 4 atom stereocenters. The molecule has 0 bridgehead atoms. The van der Waals surface area contributed by atoms with Gasteiger partial charge in [0, 0.05) is 52.4 Å². The summed E-state index contributed by atoms with van der Waals surface area (Å²) in [5.41, 5.74) is 0. The van der Waals surface area contributed by atoms with Crippen molar-refractivity contribution in [2.45, 2.75) is 24.3 Å². The number of rotatable bonds is 12. The Hall–Kier alpha value is -1.26. The highest BCUT2D eigenvalue weighted by atomic mass is 16.4. The van der Waals surface area contributed by atoms with Crippen LogP contribution in [0.15, 0.2) is 0 Å². The Kier molecular flexibility index (Phi) is 14.8. The van der Waals surface area contributed by atoms with Crippen LogP contribution in [-0.2, 0) is 9.59 Å². The van der Waals surface area contributed by atoms with Crippen LogP contribution in [0.3, 0.4) is 0 Å². The summed E-state index contributed by atoms with van der Waals surface area (Å²) in [5.74, 6) is -1.03. The van der Waals surface area contributed by atoms with Gasteiger partial charge in [0.15, 0.2) is 0 Å². The van der Waals surface area contributed by atoms with E-state index >= 15 is 0 Å². The predicted octanol–water partition coefficient (Wildman–Crippen LogP) is -5.08. The van der Waals surface area contributed by atoms with E-state index in [0.717, 1.165) is 6.29 Å². The molecule has 1 heterocycles. The normalized spacial score (nSPS) is 22.6. The van der Waals surface area contributed by atoms with Crippen LogP contribution in [-0.4, -0.2) is 184 Å². The maximum absolute atomic E-state index is 11.4. The first-order valence-electron chi connectivity index (χ1n) is 11.2. The average molecular weight is 481 g/mol. The van der Waals surface area contributed by atoms with Crippen LogP contribution < -0.4 is 0 Å². The van der Waals surface area contributed by atoms with Gasteiger partial charge in [-0.25, -0.2) is 0 Å². The van der Waals surface area contributed by atoms with Crippen LogP contribution >= 0.6 is 0 Å². The van der Waals surface area contributed by atoms with Crippen LogP contribution in [0.5, 0.6) is 0 Å². The number of aldehydes is 1. The number of carboxylic acid groups (broad SMARTS) is 1. The van der Waals surface area contributed by atoms with Gasteiger partial charge in [-0.3, -0.25) is 24.4 Å². The van der Waals surface area contributed by atoms with Gasteiger partial charge in [0.25, 0.3) is 0 Å². The molecule has 0 saturated carbocycles. The van der Waals surface area contributed by atoms with Crippen LogP contribution in [0, 0.1) is 0 Å². The quantitative estimate of drug-likeness (QED) is 0.132. The SMILES string of the molecule is O=CCN1CCN(C(CO)[C@H](O)CO)CCN(CC(=O)O)CCN([C@@H](CO)[C@@H](O)CO)CC1. The first-order valence-corrected chi connectivity index (χ1v) is 11.2. The summed E-state index contributed by atoms with van der Waals surface area (Å²) in [6, 6.07) is -1.50. The minimum absolute atomic E-state index is 0.130. The fourth-order valence-corrected chi connectivity index (χ4v) is 4.03. The van der Waals surface area contributed by atoms with Gasteiger partial charge in [-0.1, -0.05) is 0 Å². The topological polar surface area (TPSA) is 189 Å². The summed E-state index contributed by atoms with van der Waals surface area (Å²) in [7, 11) is 0. The molecule has 1 rings (SSSR count). The molecular formula is C20H40N4O9. The molecule has 33 heavy (non-hydrogen) atoms. The van der Waals surface area contributed by atoms with E-state index in [-0.39, 0.29) is 26.2 Å². The molecule has 0 amide bonds. The Bertz CT molecular complexity index is 526. The second kappa shape index (κ2) is 16.4. The molecular weight excluding hydrogens is 440 g/mol. The van der Waals surface area contributed by atoms with Crippen molar-refractivity contribution in [2.24, 2.45) is 0 Å². The monoisotopic (exact) mass is 480 g/mol. The third-order valence-corrected chi connectivity index (χ3v) is 6.08. The Morgan fingerprint density at radius 1 is 0.697 bits per heavy atom. The second-order valence-electron chi connectivity index (χ2n) is 8.21. The van der Waals surface area contributed by atoms with Crippen molar-refractivity contribution >= 4 is 12.3 Å². The fraction of sp³-hybridized carbons (Fsp3) is 0.900. The van der Waals surface area contributed by atoms with Gasteiger partial charge in [0.05, 0.1) is 63.8 Å². The Morgan fingerprint density at radius 2 is 1.09 bits per heavy atom. The van der Waals surface area contributed by atoms with Crippen molar-refractivity contribution in [2.75, 3.05) is 91.9 Å². The van der Waals surface area contributed by atoms with Crippen molar-refractivity contribution in [1.29, 1.82) is 0 Å². The molecule has 1 unspecified atom stereocenters. The summed E-state index contributed by atoms with van der Waals surface area (Å²) in [4.78, 5) is 29.6. The number of hydrogen-bond acceptors (Lipinski definition) is 12. The number of aliphatic hydroxyl groups excluding tert-OH is 6. The highest BCUT2D eigenvalue weighted by molar-refractivity contribution is 5.69. The Morgan fingerprint density at radius 3 is 1.39 bits per heavy atom. The molecule has 0 aromatic carbocycles. The Labute approximate surface area is 194 Å². The number of aliphatic carboxylic acids is 1. The summed E-state index contributed by atoms with van der Waals surface area (Å²) < 4.78 is 0. The number of hydrogen-bond donors (Lipinski definition) is 7. The second-order valence-corrected chi connectivity index (χ2v) is 8.21. The highest BCUT2D eigenvalue weighted by Gasteiger charge is 2.29.